The van der Waals surface area contributed by atoms with E-state index < -0.39 is 5.97 Å². The third-order valence-corrected chi connectivity index (χ3v) is 5.71. The molecule has 3 saturated heterocycles. The van der Waals surface area contributed by atoms with Gasteiger partial charge in [-0.2, -0.15) is 0 Å². The summed E-state index contributed by atoms with van der Waals surface area (Å²) in [6, 6.07) is 3.01. The SMILES string of the molecule is COCCN1C(=O)[C@@H]2CC[C@H]1CN(C(=O)c1ccc(C(=O)O)s1)C2. The average molecular weight is 352 g/mol. The summed E-state index contributed by atoms with van der Waals surface area (Å²) in [4.78, 5) is 40.4. The number of carboxylic acids is 1. The van der Waals surface area contributed by atoms with Crippen molar-refractivity contribution in [1.29, 1.82) is 0 Å². The Labute approximate surface area is 143 Å². The lowest BCUT2D eigenvalue weighted by atomic mass is 9.94. The second-order valence-corrected chi connectivity index (χ2v) is 7.22. The third kappa shape index (κ3) is 3.16. The van der Waals surface area contributed by atoms with Gasteiger partial charge in [-0.15, -0.1) is 11.3 Å². The number of thiophene rings is 1. The predicted octanol–water partition coefficient (Wildman–Crippen LogP) is 1.16. The second-order valence-electron chi connectivity index (χ2n) is 6.13. The van der Waals surface area contributed by atoms with Gasteiger partial charge in [0.05, 0.1) is 17.4 Å². The number of carbonyl (C=O) groups is 3. The first-order chi connectivity index (χ1) is 11.5. The van der Waals surface area contributed by atoms with Gasteiger partial charge in [-0.05, 0) is 25.0 Å². The van der Waals surface area contributed by atoms with E-state index in [0.717, 1.165) is 24.2 Å². The van der Waals surface area contributed by atoms with Crippen LogP contribution in [-0.2, 0) is 9.53 Å². The molecule has 0 aromatic carbocycles. The molecule has 4 heterocycles. The molecule has 2 bridgehead atoms. The molecule has 1 aromatic heterocycles. The number of nitrogens with zero attached hydrogens (tertiary/aromatic N) is 2. The number of amides is 2. The smallest absolute Gasteiger partial charge is 0.345 e. The summed E-state index contributed by atoms with van der Waals surface area (Å²) < 4.78 is 5.08. The van der Waals surface area contributed by atoms with Crippen molar-refractivity contribution in [3.63, 3.8) is 0 Å². The minimum atomic E-state index is -1.03. The molecular weight excluding hydrogens is 332 g/mol. The van der Waals surface area contributed by atoms with Gasteiger partial charge in [0.15, 0.2) is 0 Å². The molecule has 1 N–H and O–H groups in total. The van der Waals surface area contributed by atoms with Crippen LogP contribution in [0.1, 0.15) is 32.2 Å². The Morgan fingerprint density at radius 3 is 2.71 bits per heavy atom. The fraction of sp³-hybridized carbons (Fsp3) is 0.562. The number of carboxylic acid groups (broad SMARTS) is 1. The number of piperidine rings is 1. The summed E-state index contributed by atoms with van der Waals surface area (Å²) in [5.41, 5.74) is 0. The number of ether oxygens (including phenoxy) is 1. The van der Waals surface area contributed by atoms with Crippen molar-refractivity contribution in [1.82, 2.24) is 9.80 Å². The summed E-state index contributed by atoms with van der Waals surface area (Å²) in [5, 5.41) is 9.00. The van der Waals surface area contributed by atoms with Gasteiger partial charge in [0.1, 0.15) is 4.88 Å². The molecule has 7 nitrogen and oxygen atoms in total. The first-order valence-electron chi connectivity index (χ1n) is 7.93. The summed E-state index contributed by atoms with van der Waals surface area (Å²) >= 11 is 0.979. The number of hydrogen-bond acceptors (Lipinski definition) is 5. The van der Waals surface area contributed by atoms with Crippen LogP contribution in [0, 0.1) is 5.92 Å². The van der Waals surface area contributed by atoms with Gasteiger partial charge in [0.25, 0.3) is 5.91 Å². The molecule has 0 radical (unpaired) electrons. The Bertz CT molecular complexity index is 659. The van der Waals surface area contributed by atoms with E-state index in [0.29, 0.717) is 31.1 Å². The molecule has 0 unspecified atom stereocenters. The molecule has 24 heavy (non-hydrogen) atoms. The zero-order valence-corrected chi connectivity index (χ0v) is 14.3. The lowest BCUT2D eigenvalue weighted by Gasteiger charge is -2.35. The van der Waals surface area contributed by atoms with Crippen molar-refractivity contribution in [3.05, 3.63) is 21.9 Å². The highest BCUT2D eigenvalue weighted by Crippen LogP contribution is 2.30. The summed E-state index contributed by atoms with van der Waals surface area (Å²) in [7, 11) is 1.60. The van der Waals surface area contributed by atoms with Gasteiger partial charge in [-0.1, -0.05) is 0 Å². The largest absolute Gasteiger partial charge is 0.477 e. The topological polar surface area (TPSA) is 87.2 Å². The van der Waals surface area contributed by atoms with Crippen molar-refractivity contribution < 1.29 is 24.2 Å². The van der Waals surface area contributed by atoms with Crippen molar-refractivity contribution in [2.45, 2.75) is 18.9 Å². The van der Waals surface area contributed by atoms with Crippen LogP contribution in [0.25, 0.3) is 0 Å². The Kier molecular flexibility index (Phi) is 4.86. The minimum absolute atomic E-state index is 0.00857. The number of methoxy groups -OCH3 is 1. The molecule has 130 valence electrons. The first kappa shape index (κ1) is 16.9. The minimum Gasteiger partial charge on any atom is -0.477 e. The quantitative estimate of drug-likeness (QED) is 0.859. The average Bonchev–Trinajstić information content (AvgIpc) is 2.90. The summed E-state index contributed by atoms with van der Waals surface area (Å²) in [6.45, 7) is 1.92. The highest BCUT2D eigenvalue weighted by molar-refractivity contribution is 7.15. The van der Waals surface area contributed by atoms with Crippen LogP contribution < -0.4 is 0 Å². The van der Waals surface area contributed by atoms with Crippen LogP contribution >= 0.6 is 11.3 Å². The predicted molar refractivity (Wildman–Crippen MR) is 87.3 cm³/mol. The molecule has 2 amide bonds. The van der Waals surface area contributed by atoms with Crippen molar-refractivity contribution in [2.75, 3.05) is 33.4 Å². The van der Waals surface area contributed by atoms with Crippen LogP contribution in [0.4, 0.5) is 0 Å². The fourth-order valence-electron chi connectivity index (χ4n) is 3.41. The van der Waals surface area contributed by atoms with Gasteiger partial charge < -0.3 is 19.6 Å². The second kappa shape index (κ2) is 6.90. The molecule has 3 aliphatic rings. The van der Waals surface area contributed by atoms with Gasteiger partial charge >= 0.3 is 5.97 Å². The number of hydrogen-bond donors (Lipinski definition) is 1. The number of rotatable bonds is 5. The van der Waals surface area contributed by atoms with Crippen molar-refractivity contribution in [2.24, 2.45) is 5.92 Å². The molecular formula is C16H20N2O5S. The Morgan fingerprint density at radius 1 is 1.29 bits per heavy atom. The number of fused-ring (bicyclic) bond motifs is 4. The molecule has 0 spiro atoms. The molecule has 8 heteroatoms. The Balaban J connectivity index is 1.77. The monoisotopic (exact) mass is 352 g/mol. The maximum Gasteiger partial charge on any atom is 0.345 e. The van der Waals surface area contributed by atoms with Crippen LogP contribution in [0.5, 0.6) is 0 Å². The van der Waals surface area contributed by atoms with Crippen molar-refractivity contribution >= 4 is 29.1 Å². The molecule has 0 saturated carbocycles. The van der Waals surface area contributed by atoms with E-state index >= 15 is 0 Å². The fourth-order valence-corrected chi connectivity index (χ4v) is 4.23. The molecule has 3 aliphatic heterocycles. The highest BCUT2D eigenvalue weighted by atomic mass is 32.1. The summed E-state index contributed by atoms with van der Waals surface area (Å²) in [5.74, 6) is -1.30. The molecule has 3 fully saturated rings. The number of aromatic carboxylic acids is 1. The maximum atomic E-state index is 12.7. The Hall–Kier alpha value is -1.93. The Morgan fingerprint density at radius 2 is 2.04 bits per heavy atom. The van der Waals surface area contributed by atoms with E-state index in [-0.39, 0.29) is 28.7 Å². The zero-order chi connectivity index (χ0) is 17.3. The van der Waals surface area contributed by atoms with Gasteiger partial charge in [0, 0.05) is 32.8 Å². The molecule has 0 aliphatic carbocycles. The highest BCUT2D eigenvalue weighted by Gasteiger charge is 2.41. The van der Waals surface area contributed by atoms with E-state index in [1.807, 2.05) is 4.90 Å². The van der Waals surface area contributed by atoms with E-state index in [2.05, 4.69) is 0 Å². The van der Waals surface area contributed by atoms with Crippen LogP contribution in [-0.4, -0.2) is 72.1 Å². The molecule has 2 atom stereocenters. The third-order valence-electron chi connectivity index (χ3n) is 4.64. The van der Waals surface area contributed by atoms with Crippen LogP contribution in [0.3, 0.4) is 0 Å². The van der Waals surface area contributed by atoms with Crippen molar-refractivity contribution in [3.8, 4) is 0 Å². The number of carbonyl (C=O) groups excluding carboxylic acids is 2. The van der Waals surface area contributed by atoms with Gasteiger partial charge in [-0.25, -0.2) is 4.79 Å². The van der Waals surface area contributed by atoms with Gasteiger partial charge in [-0.3, -0.25) is 9.59 Å². The standard InChI is InChI=1S/C16H20N2O5S/c1-23-7-6-18-11-3-2-10(14(18)19)8-17(9-11)15(20)12-4-5-13(24-12)16(21)22/h4-5,10-11H,2-3,6-9H2,1H3,(H,21,22)/t10-,11+/m1/s1. The lowest BCUT2D eigenvalue weighted by Crippen LogP contribution is -2.49. The van der Waals surface area contributed by atoms with E-state index in [1.54, 1.807) is 18.1 Å². The van der Waals surface area contributed by atoms with E-state index in [4.69, 9.17) is 9.84 Å². The first-order valence-corrected chi connectivity index (χ1v) is 8.74. The van der Waals surface area contributed by atoms with Gasteiger partial charge in [0.2, 0.25) is 5.91 Å². The lowest BCUT2D eigenvalue weighted by molar-refractivity contribution is -0.140. The summed E-state index contributed by atoms with van der Waals surface area (Å²) in [6.07, 6.45) is 1.68. The molecule has 4 rings (SSSR count). The van der Waals surface area contributed by atoms with Crippen LogP contribution in [0.15, 0.2) is 12.1 Å². The molecule has 1 aromatic rings. The van der Waals surface area contributed by atoms with E-state index in [9.17, 15) is 14.4 Å². The maximum absolute atomic E-state index is 12.7. The normalized spacial score (nSPS) is 23.5. The zero-order valence-electron chi connectivity index (χ0n) is 13.4. The van der Waals surface area contributed by atoms with E-state index in [1.165, 1.54) is 6.07 Å². The van der Waals surface area contributed by atoms with Crippen LogP contribution in [0.2, 0.25) is 0 Å².